The third-order valence-electron chi connectivity index (χ3n) is 2.81. The monoisotopic (exact) mass is 275 g/mol. The number of nitriles is 1. The van der Waals surface area contributed by atoms with Crippen LogP contribution in [0.1, 0.15) is 37.7 Å². The van der Waals surface area contributed by atoms with Crippen molar-refractivity contribution >= 4 is 11.7 Å². The van der Waals surface area contributed by atoms with Crippen LogP contribution in [0, 0.1) is 17.2 Å². The van der Waals surface area contributed by atoms with E-state index in [9.17, 15) is 4.79 Å². The van der Waals surface area contributed by atoms with Gasteiger partial charge in [-0.1, -0.05) is 6.92 Å². The number of anilines is 1. The first-order valence-corrected chi connectivity index (χ1v) is 6.87. The molecule has 1 heterocycles. The van der Waals surface area contributed by atoms with Crippen LogP contribution in [-0.4, -0.2) is 40.4 Å². The Morgan fingerprint density at radius 1 is 1.45 bits per heavy atom. The molecule has 6 heteroatoms. The number of carbonyl (C=O) groups is 1. The van der Waals surface area contributed by atoms with Crippen LogP contribution in [0.15, 0.2) is 12.4 Å². The zero-order valence-corrected chi connectivity index (χ0v) is 12.3. The number of nitrogens with zero attached hydrogens (tertiary/aromatic N) is 4. The Morgan fingerprint density at radius 3 is 2.70 bits per heavy atom. The van der Waals surface area contributed by atoms with E-state index in [2.05, 4.69) is 28.3 Å². The van der Waals surface area contributed by atoms with Gasteiger partial charge in [-0.05, 0) is 20.3 Å². The van der Waals surface area contributed by atoms with E-state index >= 15 is 0 Å². The van der Waals surface area contributed by atoms with E-state index < -0.39 is 0 Å². The highest BCUT2D eigenvalue weighted by Crippen LogP contribution is 2.07. The molecule has 6 nitrogen and oxygen atoms in total. The van der Waals surface area contributed by atoms with Crippen molar-refractivity contribution in [1.29, 1.82) is 5.26 Å². The summed E-state index contributed by atoms with van der Waals surface area (Å²) in [7, 11) is 0. The smallest absolute Gasteiger partial charge is 0.274 e. The summed E-state index contributed by atoms with van der Waals surface area (Å²) in [5.74, 6) is 0.276. The Kier molecular flexibility index (Phi) is 6.44. The molecule has 0 fully saturated rings. The van der Waals surface area contributed by atoms with Gasteiger partial charge in [-0.3, -0.25) is 4.79 Å². The van der Waals surface area contributed by atoms with E-state index in [1.807, 2.05) is 6.92 Å². The second-order valence-electron chi connectivity index (χ2n) is 4.59. The summed E-state index contributed by atoms with van der Waals surface area (Å²) in [5.41, 5.74) is 0.305. The second kappa shape index (κ2) is 8.10. The molecule has 0 spiro atoms. The quantitative estimate of drug-likeness (QED) is 0.822. The maximum Gasteiger partial charge on any atom is 0.274 e. The highest BCUT2D eigenvalue weighted by atomic mass is 16.2. The summed E-state index contributed by atoms with van der Waals surface area (Å²) in [6.45, 7) is 7.51. The summed E-state index contributed by atoms with van der Waals surface area (Å²) in [6.07, 6.45) is 4.03. The Labute approximate surface area is 119 Å². The Hall–Kier alpha value is -2.16. The van der Waals surface area contributed by atoms with E-state index in [4.69, 9.17) is 5.26 Å². The van der Waals surface area contributed by atoms with Gasteiger partial charge in [0.25, 0.3) is 5.91 Å². The fourth-order valence-electron chi connectivity index (χ4n) is 1.67. The Bertz CT molecular complexity index is 465. The molecule has 0 aliphatic heterocycles. The number of aromatic nitrogens is 2. The van der Waals surface area contributed by atoms with Crippen LogP contribution < -0.4 is 5.32 Å². The molecule has 0 saturated carbocycles. The van der Waals surface area contributed by atoms with Crippen molar-refractivity contribution in [3.63, 3.8) is 0 Å². The average molecular weight is 275 g/mol. The van der Waals surface area contributed by atoms with Crippen molar-refractivity contribution in [3.8, 4) is 6.07 Å². The van der Waals surface area contributed by atoms with Crippen molar-refractivity contribution in [2.75, 3.05) is 25.0 Å². The number of hydrogen-bond acceptors (Lipinski definition) is 5. The van der Waals surface area contributed by atoms with Gasteiger partial charge in [0.05, 0.1) is 24.4 Å². The first-order chi connectivity index (χ1) is 9.62. The summed E-state index contributed by atoms with van der Waals surface area (Å²) < 4.78 is 0. The molecule has 0 aromatic carbocycles. The van der Waals surface area contributed by atoms with Crippen molar-refractivity contribution in [3.05, 3.63) is 18.1 Å². The normalized spacial score (nSPS) is 11.5. The number of carbonyl (C=O) groups excluding carboxylic acids is 1. The largest absolute Gasteiger partial charge is 0.369 e. The van der Waals surface area contributed by atoms with Gasteiger partial charge < -0.3 is 10.2 Å². The SMILES string of the molecule is CCCNc1cnc(C(=O)N(CC)CC(C)C#N)cn1. The molecule has 1 aromatic heterocycles. The zero-order chi connectivity index (χ0) is 15.0. The van der Waals surface area contributed by atoms with Gasteiger partial charge in [0.1, 0.15) is 11.5 Å². The van der Waals surface area contributed by atoms with Crippen molar-refractivity contribution in [1.82, 2.24) is 14.9 Å². The third-order valence-corrected chi connectivity index (χ3v) is 2.81. The summed E-state index contributed by atoms with van der Waals surface area (Å²) in [4.78, 5) is 22.2. The summed E-state index contributed by atoms with van der Waals surface area (Å²) >= 11 is 0. The molecule has 108 valence electrons. The van der Waals surface area contributed by atoms with Crippen molar-refractivity contribution in [2.24, 2.45) is 5.92 Å². The molecular weight excluding hydrogens is 254 g/mol. The maximum atomic E-state index is 12.2. The van der Waals surface area contributed by atoms with Gasteiger partial charge in [-0.15, -0.1) is 0 Å². The standard InChI is InChI=1S/C14H21N5O/c1-4-6-16-13-9-17-12(8-18-13)14(20)19(5-2)10-11(3)7-15/h8-9,11H,4-6,10H2,1-3H3,(H,16,18). The van der Waals surface area contributed by atoms with Gasteiger partial charge in [0.2, 0.25) is 0 Å². The lowest BCUT2D eigenvalue weighted by atomic mass is 10.2. The second-order valence-corrected chi connectivity index (χ2v) is 4.59. The predicted molar refractivity (Wildman–Crippen MR) is 77.2 cm³/mol. The lowest BCUT2D eigenvalue weighted by molar-refractivity contribution is 0.0746. The van der Waals surface area contributed by atoms with Crippen LogP contribution >= 0.6 is 0 Å². The van der Waals surface area contributed by atoms with E-state index in [1.165, 1.54) is 6.20 Å². The van der Waals surface area contributed by atoms with E-state index in [0.29, 0.717) is 24.6 Å². The van der Waals surface area contributed by atoms with E-state index in [1.54, 1.807) is 18.0 Å². The molecule has 0 bridgehead atoms. The number of rotatable bonds is 7. The van der Waals surface area contributed by atoms with Gasteiger partial charge in [0, 0.05) is 19.6 Å². The summed E-state index contributed by atoms with van der Waals surface area (Å²) in [6, 6.07) is 2.13. The Morgan fingerprint density at radius 2 is 2.20 bits per heavy atom. The molecule has 20 heavy (non-hydrogen) atoms. The van der Waals surface area contributed by atoms with E-state index in [0.717, 1.165) is 13.0 Å². The molecule has 0 aliphatic rings. The maximum absolute atomic E-state index is 12.2. The number of amides is 1. The fraction of sp³-hybridized carbons (Fsp3) is 0.571. The minimum Gasteiger partial charge on any atom is -0.369 e. The van der Waals surface area contributed by atoms with Crippen molar-refractivity contribution < 1.29 is 4.79 Å². The summed E-state index contributed by atoms with van der Waals surface area (Å²) in [5, 5.41) is 11.9. The van der Waals surface area contributed by atoms with Crippen LogP contribution in [0.5, 0.6) is 0 Å². The molecule has 1 unspecified atom stereocenters. The fourth-order valence-corrected chi connectivity index (χ4v) is 1.67. The number of hydrogen-bond donors (Lipinski definition) is 1. The Balaban J connectivity index is 2.72. The van der Waals surface area contributed by atoms with Gasteiger partial charge in [0.15, 0.2) is 0 Å². The topological polar surface area (TPSA) is 81.9 Å². The molecule has 1 amide bonds. The first kappa shape index (κ1) is 15.9. The van der Waals surface area contributed by atoms with Crippen LogP contribution in [0.4, 0.5) is 5.82 Å². The van der Waals surface area contributed by atoms with E-state index in [-0.39, 0.29) is 11.8 Å². The molecule has 0 saturated heterocycles. The third kappa shape index (κ3) is 4.50. The van der Waals surface area contributed by atoms with Gasteiger partial charge >= 0.3 is 0 Å². The van der Waals surface area contributed by atoms with Crippen LogP contribution in [-0.2, 0) is 0 Å². The lowest BCUT2D eigenvalue weighted by Gasteiger charge is -2.21. The van der Waals surface area contributed by atoms with Gasteiger partial charge in [-0.2, -0.15) is 5.26 Å². The molecular formula is C14H21N5O. The van der Waals surface area contributed by atoms with Crippen LogP contribution in [0.25, 0.3) is 0 Å². The molecule has 1 atom stereocenters. The van der Waals surface area contributed by atoms with Crippen LogP contribution in [0.3, 0.4) is 0 Å². The lowest BCUT2D eigenvalue weighted by Crippen LogP contribution is -2.34. The van der Waals surface area contributed by atoms with Crippen LogP contribution in [0.2, 0.25) is 0 Å². The zero-order valence-electron chi connectivity index (χ0n) is 12.3. The van der Waals surface area contributed by atoms with Crippen molar-refractivity contribution in [2.45, 2.75) is 27.2 Å². The molecule has 0 radical (unpaired) electrons. The predicted octanol–water partition coefficient (Wildman–Crippen LogP) is 1.92. The molecule has 0 aliphatic carbocycles. The number of nitrogens with one attached hydrogen (secondary N) is 1. The minimum absolute atomic E-state index is 0.191. The molecule has 1 rings (SSSR count). The highest BCUT2D eigenvalue weighted by Gasteiger charge is 2.18. The highest BCUT2D eigenvalue weighted by molar-refractivity contribution is 5.92. The molecule has 1 aromatic rings. The first-order valence-electron chi connectivity index (χ1n) is 6.87. The average Bonchev–Trinajstić information content (AvgIpc) is 2.50. The van der Waals surface area contributed by atoms with Gasteiger partial charge in [-0.25, -0.2) is 9.97 Å². The molecule has 1 N–H and O–H groups in total. The minimum atomic E-state index is -0.197.